The summed E-state index contributed by atoms with van der Waals surface area (Å²) in [5, 5.41) is 11.8. The molecule has 2 aromatic rings. The van der Waals surface area contributed by atoms with Gasteiger partial charge in [0.1, 0.15) is 0 Å². The van der Waals surface area contributed by atoms with E-state index in [0.717, 1.165) is 42.5 Å². The SMILES string of the molecule is CCC1(CC)C[C@@H](c2ccc(C)cc2)[C@@](O)(c2ccc(C(F)(F)F)cc2)C1. The fraction of sp³-hybridized carbons (Fsp3) is 0.478. The summed E-state index contributed by atoms with van der Waals surface area (Å²) in [6.07, 6.45) is -1.09. The lowest BCUT2D eigenvalue weighted by Gasteiger charge is -2.32. The van der Waals surface area contributed by atoms with Crippen molar-refractivity contribution in [2.75, 3.05) is 0 Å². The Balaban J connectivity index is 2.06. The molecule has 2 aromatic carbocycles. The molecule has 3 rings (SSSR count). The van der Waals surface area contributed by atoms with Gasteiger partial charge in [-0.25, -0.2) is 0 Å². The molecule has 0 amide bonds. The summed E-state index contributed by atoms with van der Waals surface area (Å²) in [6, 6.07) is 13.2. The molecule has 1 nitrogen and oxygen atoms in total. The molecule has 2 atom stereocenters. The molecule has 146 valence electrons. The lowest BCUT2D eigenvalue weighted by atomic mass is 9.78. The fourth-order valence-corrected chi connectivity index (χ4v) is 4.60. The molecular formula is C23H27F3O. The highest BCUT2D eigenvalue weighted by atomic mass is 19.4. The van der Waals surface area contributed by atoms with Gasteiger partial charge in [-0.15, -0.1) is 0 Å². The maximum absolute atomic E-state index is 12.9. The van der Waals surface area contributed by atoms with Crippen molar-refractivity contribution in [1.29, 1.82) is 0 Å². The van der Waals surface area contributed by atoms with Gasteiger partial charge >= 0.3 is 6.18 Å². The van der Waals surface area contributed by atoms with Gasteiger partial charge in [0.2, 0.25) is 0 Å². The first kappa shape index (κ1) is 19.9. The van der Waals surface area contributed by atoms with E-state index in [1.54, 1.807) is 0 Å². The van der Waals surface area contributed by atoms with Crippen LogP contribution in [0, 0.1) is 12.3 Å². The molecule has 27 heavy (non-hydrogen) atoms. The van der Waals surface area contributed by atoms with Crippen LogP contribution in [0.15, 0.2) is 48.5 Å². The van der Waals surface area contributed by atoms with Crippen molar-refractivity contribution >= 4 is 0 Å². The molecule has 0 aromatic heterocycles. The Morgan fingerprint density at radius 2 is 1.52 bits per heavy atom. The van der Waals surface area contributed by atoms with Gasteiger partial charge in [-0.1, -0.05) is 68.7 Å². The Bertz CT molecular complexity index is 773. The predicted molar refractivity (Wildman–Crippen MR) is 102 cm³/mol. The minimum absolute atomic E-state index is 0.00694. The number of benzene rings is 2. The van der Waals surface area contributed by atoms with Crippen molar-refractivity contribution in [3.05, 3.63) is 70.8 Å². The normalized spacial score (nSPS) is 24.9. The van der Waals surface area contributed by atoms with Crippen LogP contribution in [0.1, 0.15) is 67.7 Å². The third-order valence-corrected chi connectivity index (χ3v) is 6.55. The van der Waals surface area contributed by atoms with E-state index < -0.39 is 17.3 Å². The average molecular weight is 376 g/mol. The van der Waals surface area contributed by atoms with Crippen molar-refractivity contribution < 1.29 is 18.3 Å². The Labute approximate surface area is 159 Å². The molecule has 1 aliphatic carbocycles. The first-order chi connectivity index (χ1) is 12.6. The third kappa shape index (κ3) is 3.64. The average Bonchev–Trinajstić information content (AvgIpc) is 2.97. The molecule has 0 saturated heterocycles. The second kappa shape index (κ2) is 6.97. The van der Waals surface area contributed by atoms with Crippen LogP contribution in [0.25, 0.3) is 0 Å². The molecule has 0 bridgehead atoms. The standard InChI is InChI=1S/C23H27F3O/c1-4-21(5-2)14-20(17-8-6-16(3)7-9-17)22(27,15-21)18-10-12-19(13-11-18)23(24,25)26/h6-13,20,27H,4-5,14-15H2,1-3H3/t20-,22-/m0/s1. The first-order valence-corrected chi connectivity index (χ1v) is 9.60. The minimum atomic E-state index is -4.37. The van der Waals surface area contributed by atoms with Crippen LogP contribution in [0.3, 0.4) is 0 Å². The van der Waals surface area contributed by atoms with Gasteiger partial charge in [-0.05, 0) is 48.4 Å². The van der Waals surface area contributed by atoms with Crippen LogP contribution in [-0.2, 0) is 11.8 Å². The second-order valence-electron chi connectivity index (χ2n) is 8.05. The fourth-order valence-electron chi connectivity index (χ4n) is 4.60. The summed E-state index contributed by atoms with van der Waals surface area (Å²) >= 11 is 0. The summed E-state index contributed by atoms with van der Waals surface area (Å²) in [5.74, 6) is -0.130. The third-order valence-electron chi connectivity index (χ3n) is 6.55. The van der Waals surface area contributed by atoms with Crippen molar-refractivity contribution in [2.24, 2.45) is 5.41 Å². The van der Waals surface area contributed by atoms with Gasteiger partial charge in [-0.2, -0.15) is 13.2 Å². The number of alkyl halides is 3. The van der Waals surface area contributed by atoms with Crippen molar-refractivity contribution in [2.45, 2.75) is 64.1 Å². The second-order valence-corrected chi connectivity index (χ2v) is 8.05. The summed E-state index contributed by atoms with van der Waals surface area (Å²) < 4.78 is 38.8. The molecule has 1 saturated carbocycles. The Hall–Kier alpha value is -1.81. The van der Waals surface area contributed by atoms with Gasteiger partial charge in [0.25, 0.3) is 0 Å². The quantitative estimate of drug-likeness (QED) is 0.638. The highest BCUT2D eigenvalue weighted by Crippen LogP contribution is 2.60. The molecule has 1 fully saturated rings. The molecule has 0 radical (unpaired) electrons. The smallest absolute Gasteiger partial charge is 0.385 e. The summed E-state index contributed by atoms with van der Waals surface area (Å²) in [4.78, 5) is 0. The molecule has 0 aliphatic heterocycles. The zero-order valence-corrected chi connectivity index (χ0v) is 16.1. The molecule has 0 heterocycles. The van der Waals surface area contributed by atoms with Crippen LogP contribution < -0.4 is 0 Å². The van der Waals surface area contributed by atoms with Gasteiger partial charge in [0.15, 0.2) is 0 Å². The summed E-state index contributed by atoms with van der Waals surface area (Å²) in [6.45, 7) is 6.28. The molecule has 0 unspecified atom stereocenters. The van der Waals surface area contributed by atoms with Crippen molar-refractivity contribution in [3.63, 3.8) is 0 Å². The molecule has 1 N–H and O–H groups in total. The van der Waals surface area contributed by atoms with E-state index in [9.17, 15) is 18.3 Å². The topological polar surface area (TPSA) is 20.2 Å². The predicted octanol–water partition coefficient (Wildman–Crippen LogP) is 6.59. The zero-order chi connectivity index (χ0) is 19.9. The Morgan fingerprint density at radius 3 is 2.00 bits per heavy atom. The van der Waals surface area contributed by atoms with Gasteiger partial charge in [-0.3, -0.25) is 0 Å². The van der Waals surface area contributed by atoms with E-state index >= 15 is 0 Å². The maximum Gasteiger partial charge on any atom is 0.416 e. The maximum atomic E-state index is 12.9. The molecule has 1 aliphatic rings. The number of rotatable bonds is 4. The highest BCUT2D eigenvalue weighted by molar-refractivity contribution is 5.37. The number of aryl methyl sites for hydroxylation is 1. The van der Waals surface area contributed by atoms with E-state index in [1.807, 2.05) is 31.2 Å². The lowest BCUT2D eigenvalue weighted by Crippen LogP contribution is -2.30. The number of aliphatic hydroxyl groups is 1. The van der Waals surface area contributed by atoms with Gasteiger partial charge in [0.05, 0.1) is 11.2 Å². The Kier molecular flexibility index (Phi) is 5.15. The zero-order valence-electron chi connectivity index (χ0n) is 16.1. The Morgan fingerprint density at radius 1 is 0.963 bits per heavy atom. The number of hydrogen-bond donors (Lipinski definition) is 1. The van der Waals surface area contributed by atoms with Crippen molar-refractivity contribution in [3.8, 4) is 0 Å². The van der Waals surface area contributed by atoms with E-state index in [-0.39, 0.29) is 11.3 Å². The van der Waals surface area contributed by atoms with Crippen LogP contribution in [0.4, 0.5) is 13.2 Å². The van der Waals surface area contributed by atoms with E-state index in [4.69, 9.17) is 0 Å². The van der Waals surface area contributed by atoms with Gasteiger partial charge in [0, 0.05) is 5.92 Å². The highest BCUT2D eigenvalue weighted by Gasteiger charge is 2.53. The lowest BCUT2D eigenvalue weighted by molar-refractivity contribution is -0.137. The van der Waals surface area contributed by atoms with Crippen LogP contribution >= 0.6 is 0 Å². The molecule has 4 heteroatoms. The van der Waals surface area contributed by atoms with Crippen LogP contribution in [0.2, 0.25) is 0 Å². The monoisotopic (exact) mass is 376 g/mol. The largest absolute Gasteiger partial charge is 0.416 e. The molecule has 0 spiro atoms. The number of halogens is 3. The first-order valence-electron chi connectivity index (χ1n) is 9.60. The van der Waals surface area contributed by atoms with Crippen LogP contribution in [-0.4, -0.2) is 5.11 Å². The number of hydrogen-bond acceptors (Lipinski definition) is 1. The van der Waals surface area contributed by atoms with E-state index in [1.165, 1.54) is 12.1 Å². The van der Waals surface area contributed by atoms with E-state index in [0.29, 0.717) is 12.0 Å². The van der Waals surface area contributed by atoms with Crippen LogP contribution in [0.5, 0.6) is 0 Å². The van der Waals surface area contributed by atoms with Crippen molar-refractivity contribution in [1.82, 2.24) is 0 Å². The van der Waals surface area contributed by atoms with Gasteiger partial charge < -0.3 is 5.11 Å². The summed E-state index contributed by atoms with van der Waals surface area (Å²) in [7, 11) is 0. The molecular weight excluding hydrogens is 349 g/mol. The minimum Gasteiger partial charge on any atom is -0.385 e. The summed E-state index contributed by atoms with van der Waals surface area (Å²) in [5.41, 5.74) is 0.916. The van der Waals surface area contributed by atoms with E-state index in [2.05, 4.69) is 13.8 Å².